The Morgan fingerprint density at radius 2 is 1.74 bits per heavy atom. The van der Waals surface area contributed by atoms with Crippen LogP contribution in [0.4, 0.5) is 0 Å². The summed E-state index contributed by atoms with van der Waals surface area (Å²) in [5, 5.41) is 9.07. The van der Waals surface area contributed by atoms with Gasteiger partial charge in [-0.2, -0.15) is 5.26 Å². The van der Waals surface area contributed by atoms with Gasteiger partial charge in [0.15, 0.2) is 0 Å². The van der Waals surface area contributed by atoms with Crippen LogP contribution >= 0.6 is 0 Å². The Labute approximate surface area is 156 Å². The fourth-order valence-electron chi connectivity index (χ4n) is 3.10. The largest absolute Gasteiger partial charge is 0.494 e. The molecule has 0 aliphatic rings. The standard InChI is InChI=1S/C21H16N4O2/c1-26-19-9-17(15-5-3-14(10-22)4-6-15)21(25-13-23-12-18(19)25)16-7-8-20(27-2)24-11-16/h3-9,11-13H,1-2H3. The fraction of sp³-hybridized carbons (Fsp3) is 0.0952. The number of fused-ring (bicyclic) bond motifs is 1. The molecule has 0 aliphatic heterocycles. The highest BCUT2D eigenvalue weighted by Crippen LogP contribution is 2.37. The molecule has 0 aliphatic carbocycles. The van der Waals surface area contributed by atoms with E-state index in [0.717, 1.165) is 33.7 Å². The van der Waals surface area contributed by atoms with Gasteiger partial charge in [0, 0.05) is 23.4 Å². The van der Waals surface area contributed by atoms with Gasteiger partial charge in [0.1, 0.15) is 11.3 Å². The number of methoxy groups -OCH3 is 2. The smallest absolute Gasteiger partial charge is 0.212 e. The topological polar surface area (TPSA) is 72.4 Å². The molecule has 0 fully saturated rings. The molecule has 0 spiro atoms. The number of imidazole rings is 1. The third-order valence-corrected chi connectivity index (χ3v) is 4.43. The summed E-state index contributed by atoms with van der Waals surface area (Å²) in [6, 6.07) is 15.4. The highest BCUT2D eigenvalue weighted by atomic mass is 16.5. The van der Waals surface area contributed by atoms with Gasteiger partial charge < -0.3 is 9.47 Å². The Kier molecular flexibility index (Phi) is 4.19. The molecule has 3 heterocycles. The van der Waals surface area contributed by atoms with Crippen LogP contribution < -0.4 is 9.47 Å². The van der Waals surface area contributed by atoms with Crippen LogP contribution in [0.3, 0.4) is 0 Å². The van der Waals surface area contributed by atoms with Gasteiger partial charge in [0.25, 0.3) is 0 Å². The monoisotopic (exact) mass is 356 g/mol. The first-order valence-corrected chi connectivity index (χ1v) is 8.29. The Morgan fingerprint density at radius 3 is 2.37 bits per heavy atom. The molecule has 1 aromatic carbocycles. The van der Waals surface area contributed by atoms with Crippen LogP contribution in [0.15, 0.2) is 61.2 Å². The first kappa shape index (κ1) is 16.6. The molecule has 0 N–H and O–H groups in total. The number of pyridine rings is 2. The molecule has 132 valence electrons. The van der Waals surface area contributed by atoms with Crippen molar-refractivity contribution in [2.24, 2.45) is 0 Å². The second kappa shape index (κ2) is 6.81. The van der Waals surface area contributed by atoms with Crippen LogP contribution in [0, 0.1) is 11.3 Å². The highest BCUT2D eigenvalue weighted by Gasteiger charge is 2.17. The van der Waals surface area contributed by atoms with Crippen LogP contribution in [-0.4, -0.2) is 28.6 Å². The van der Waals surface area contributed by atoms with E-state index in [1.54, 1.807) is 45.1 Å². The van der Waals surface area contributed by atoms with E-state index < -0.39 is 0 Å². The number of rotatable bonds is 4. The molecule has 6 nitrogen and oxygen atoms in total. The van der Waals surface area contributed by atoms with Crippen LogP contribution in [0.5, 0.6) is 11.6 Å². The molecule has 0 saturated carbocycles. The van der Waals surface area contributed by atoms with Crippen molar-refractivity contribution in [1.82, 2.24) is 14.4 Å². The number of ether oxygens (including phenoxy) is 2. The third-order valence-electron chi connectivity index (χ3n) is 4.43. The number of hydrogen-bond donors (Lipinski definition) is 0. The van der Waals surface area contributed by atoms with Gasteiger partial charge in [0.2, 0.25) is 5.88 Å². The van der Waals surface area contributed by atoms with Crippen LogP contribution in [0.25, 0.3) is 27.9 Å². The lowest BCUT2D eigenvalue weighted by Crippen LogP contribution is -1.99. The van der Waals surface area contributed by atoms with Gasteiger partial charge in [-0.15, -0.1) is 0 Å². The average molecular weight is 356 g/mol. The summed E-state index contributed by atoms with van der Waals surface area (Å²) in [6.45, 7) is 0. The zero-order chi connectivity index (χ0) is 18.8. The van der Waals surface area contributed by atoms with Gasteiger partial charge >= 0.3 is 0 Å². The molecule has 6 heteroatoms. The normalized spacial score (nSPS) is 10.6. The fourth-order valence-corrected chi connectivity index (χ4v) is 3.10. The summed E-state index contributed by atoms with van der Waals surface area (Å²) < 4.78 is 12.7. The van der Waals surface area contributed by atoms with Gasteiger partial charge in [-0.1, -0.05) is 12.1 Å². The molecule has 3 aromatic heterocycles. The molecule has 0 bridgehead atoms. The quantitative estimate of drug-likeness (QED) is 0.553. The molecule has 0 radical (unpaired) electrons. The zero-order valence-corrected chi connectivity index (χ0v) is 14.9. The molecular weight excluding hydrogens is 340 g/mol. The molecule has 0 saturated heterocycles. The minimum absolute atomic E-state index is 0.550. The van der Waals surface area contributed by atoms with E-state index in [4.69, 9.17) is 14.7 Å². The maximum absolute atomic E-state index is 9.07. The summed E-state index contributed by atoms with van der Waals surface area (Å²) in [5.74, 6) is 1.27. The number of nitriles is 1. The molecule has 4 rings (SSSR count). The molecule has 0 unspecified atom stereocenters. The van der Waals surface area contributed by atoms with Crippen molar-refractivity contribution in [2.75, 3.05) is 14.2 Å². The van der Waals surface area contributed by atoms with E-state index in [9.17, 15) is 0 Å². The number of hydrogen-bond acceptors (Lipinski definition) is 5. The third kappa shape index (κ3) is 2.85. The second-order valence-electron chi connectivity index (χ2n) is 5.90. The predicted molar refractivity (Wildman–Crippen MR) is 102 cm³/mol. The second-order valence-corrected chi connectivity index (χ2v) is 5.90. The van der Waals surface area contributed by atoms with Gasteiger partial charge in [-0.3, -0.25) is 4.40 Å². The number of benzene rings is 1. The van der Waals surface area contributed by atoms with Crippen molar-refractivity contribution in [3.8, 4) is 40.1 Å². The number of aromatic nitrogens is 3. The van der Waals surface area contributed by atoms with E-state index in [1.165, 1.54) is 0 Å². The van der Waals surface area contributed by atoms with E-state index in [2.05, 4.69) is 16.0 Å². The Hall–Kier alpha value is -3.85. The zero-order valence-electron chi connectivity index (χ0n) is 14.9. The van der Waals surface area contributed by atoms with Crippen molar-refractivity contribution in [1.29, 1.82) is 5.26 Å². The first-order chi connectivity index (χ1) is 13.2. The maximum atomic E-state index is 9.07. The van der Waals surface area contributed by atoms with Crippen molar-refractivity contribution < 1.29 is 9.47 Å². The van der Waals surface area contributed by atoms with Gasteiger partial charge in [0.05, 0.1) is 44.1 Å². The Balaban J connectivity index is 2.01. The lowest BCUT2D eigenvalue weighted by molar-refractivity contribution is 0.398. The highest BCUT2D eigenvalue weighted by molar-refractivity contribution is 5.86. The summed E-state index contributed by atoms with van der Waals surface area (Å²) in [7, 11) is 3.23. The van der Waals surface area contributed by atoms with Crippen molar-refractivity contribution in [3.63, 3.8) is 0 Å². The Bertz CT molecular complexity index is 1140. The lowest BCUT2D eigenvalue weighted by Gasteiger charge is -2.16. The minimum Gasteiger partial charge on any atom is -0.494 e. The molecule has 0 atom stereocenters. The predicted octanol–water partition coefficient (Wildman–Crippen LogP) is 3.95. The van der Waals surface area contributed by atoms with Crippen molar-refractivity contribution in [3.05, 3.63) is 66.7 Å². The maximum Gasteiger partial charge on any atom is 0.212 e. The Morgan fingerprint density at radius 1 is 0.963 bits per heavy atom. The van der Waals surface area contributed by atoms with Crippen LogP contribution in [0.1, 0.15) is 5.56 Å². The first-order valence-electron chi connectivity index (χ1n) is 8.29. The minimum atomic E-state index is 0.550. The van der Waals surface area contributed by atoms with E-state index >= 15 is 0 Å². The van der Waals surface area contributed by atoms with Crippen LogP contribution in [0.2, 0.25) is 0 Å². The molecule has 4 aromatic rings. The molecule has 0 amide bonds. The van der Waals surface area contributed by atoms with Crippen molar-refractivity contribution in [2.45, 2.75) is 0 Å². The van der Waals surface area contributed by atoms with Gasteiger partial charge in [-0.25, -0.2) is 9.97 Å². The lowest BCUT2D eigenvalue weighted by atomic mass is 9.98. The molecular formula is C21H16N4O2. The van der Waals surface area contributed by atoms with Crippen molar-refractivity contribution >= 4 is 5.52 Å². The van der Waals surface area contributed by atoms with E-state index in [0.29, 0.717) is 11.4 Å². The van der Waals surface area contributed by atoms with E-state index in [1.807, 2.05) is 34.7 Å². The average Bonchev–Trinajstić information content (AvgIpc) is 3.22. The van der Waals surface area contributed by atoms with E-state index in [-0.39, 0.29) is 0 Å². The molecule has 27 heavy (non-hydrogen) atoms. The summed E-state index contributed by atoms with van der Waals surface area (Å²) >= 11 is 0. The van der Waals surface area contributed by atoms with Crippen LogP contribution in [-0.2, 0) is 0 Å². The number of nitrogens with zero attached hydrogens (tertiary/aromatic N) is 4. The summed E-state index contributed by atoms with van der Waals surface area (Å²) in [4.78, 5) is 8.63. The summed E-state index contributed by atoms with van der Waals surface area (Å²) in [6.07, 6.45) is 5.29. The summed E-state index contributed by atoms with van der Waals surface area (Å²) in [5.41, 5.74) is 5.24. The SMILES string of the molecule is COc1ccc(-c2c(-c3ccc(C#N)cc3)cc(OC)c3cncn23)cn1. The van der Waals surface area contributed by atoms with Gasteiger partial charge in [-0.05, 0) is 29.8 Å².